The highest BCUT2D eigenvalue weighted by molar-refractivity contribution is 7.80. The van der Waals surface area contributed by atoms with E-state index in [-0.39, 0.29) is 28.7 Å². The number of nitrogens with one attached hydrogen (secondary N) is 4. The molecule has 0 saturated carbocycles. The van der Waals surface area contributed by atoms with Gasteiger partial charge in [0.05, 0.1) is 12.9 Å². The Kier molecular flexibility index (Phi) is 7.12. The first-order valence-electron chi connectivity index (χ1n) is 7.80. The summed E-state index contributed by atoms with van der Waals surface area (Å²) >= 11 is 5.07. The van der Waals surface area contributed by atoms with Gasteiger partial charge < -0.3 is 19.8 Å². The van der Waals surface area contributed by atoms with Gasteiger partial charge in [-0.1, -0.05) is 0 Å². The van der Waals surface area contributed by atoms with Gasteiger partial charge >= 0.3 is 0 Å². The van der Waals surface area contributed by atoms with Gasteiger partial charge in [0.25, 0.3) is 11.8 Å². The maximum atomic E-state index is 12.1. The number of benzene rings is 1. The second-order valence-electron chi connectivity index (χ2n) is 5.42. The summed E-state index contributed by atoms with van der Waals surface area (Å²) in [7, 11) is 1.59. The van der Waals surface area contributed by atoms with E-state index in [9.17, 15) is 9.59 Å². The van der Waals surface area contributed by atoms with E-state index in [1.807, 2.05) is 6.92 Å². The van der Waals surface area contributed by atoms with Crippen LogP contribution in [0.3, 0.4) is 0 Å². The zero-order valence-electron chi connectivity index (χ0n) is 14.4. The van der Waals surface area contributed by atoms with Gasteiger partial charge in [-0.05, 0) is 55.5 Å². The number of rotatable bonds is 6. The molecule has 2 rings (SSSR count). The lowest BCUT2D eigenvalue weighted by Crippen LogP contribution is -2.49. The topological polar surface area (TPSA) is 105 Å². The first kappa shape index (κ1) is 19.4. The number of ether oxygens (including phenoxy) is 1. The second-order valence-corrected chi connectivity index (χ2v) is 5.83. The molecule has 1 heterocycles. The summed E-state index contributed by atoms with van der Waals surface area (Å²) in [6, 6.07) is 9.60. The molecule has 0 unspecified atom stereocenters. The molecule has 1 aromatic heterocycles. The molecule has 26 heavy (non-hydrogen) atoms. The summed E-state index contributed by atoms with van der Waals surface area (Å²) in [5.41, 5.74) is 6.06. The number of carbonyl (C=O) groups excluding carboxylic acids is 2. The average molecular weight is 376 g/mol. The third kappa shape index (κ3) is 5.87. The number of hydrogen-bond acceptors (Lipinski definition) is 5. The molecule has 2 aromatic rings. The first-order valence-corrected chi connectivity index (χ1v) is 8.21. The Hall–Kier alpha value is -2.91. The molecule has 4 N–H and O–H groups in total. The maximum absolute atomic E-state index is 12.1. The van der Waals surface area contributed by atoms with Crippen LogP contribution in [0.1, 0.15) is 27.8 Å². The van der Waals surface area contributed by atoms with E-state index in [4.69, 9.17) is 21.4 Å². The third-order valence-electron chi connectivity index (χ3n) is 3.23. The van der Waals surface area contributed by atoms with Crippen LogP contribution in [0.2, 0.25) is 0 Å². The van der Waals surface area contributed by atoms with Crippen LogP contribution in [0.25, 0.3) is 0 Å². The van der Waals surface area contributed by atoms with Crippen LogP contribution in [0.5, 0.6) is 0 Å². The lowest BCUT2D eigenvalue weighted by molar-refractivity contribution is 0.0942. The Bertz CT molecular complexity index is 747. The molecule has 8 nitrogen and oxygen atoms in total. The Balaban J connectivity index is 1.82. The number of hydrogen-bond donors (Lipinski definition) is 4. The summed E-state index contributed by atoms with van der Waals surface area (Å²) in [6.07, 6.45) is 1.42. The van der Waals surface area contributed by atoms with Crippen molar-refractivity contribution in [3.05, 3.63) is 54.0 Å². The van der Waals surface area contributed by atoms with Crippen LogP contribution < -0.4 is 21.5 Å². The summed E-state index contributed by atoms with van der Waals surface area (Å²) in [6.45, 7) is 2.38. The van der Waals surface area contributed by atoms with E-state index in [1.165, 1.54) is 6.26 Å². The third-order valence-corrected chi connectivity index (χ3v) is 3.45. The van der Waals surface area contributed by atoms with E-state index in [2.05, 4.69) is 21.5 Å². The summed E-state index contributed by atoms with van der Waals surface area (Å²) < 4.78 is 10.0. The van der Waals surface area contributed by atoms with E-state index < -0.39 is 0 Å². The normalized spacial score (nSPS) is 11.3. The highest BCUT2D eigenvalue weighted by atomic mass is 32.1. The molecule has 1 atom stereocenters. The smallest absolute Gasteiger partial charge is 0.291 e. The van der Waals surface area contributed by atoms with Crippen molar-refractivity contribution in [1.29, 1.82) is 0 Å². The fourth-order valence-corrected chi connectivity index (χ4v) is 2.29. The van der Waals surface area contributed by atoms with Crippen LogP contribution in [-0.4, -0.2) is 36.7 Å². The summed E-state index contributed by atoms with van der Waals surface area (Å²) in [5, 5.41) is 5.91. The molecule has 0 bridgehead atoms. The Morgan fingerprint density at radius 3 is 2.50 bits per heavy atom. The van der Waals surface area contributed by atoms with Crippen LogP contribution >= 0.6 is 12.2 Å². The molecule has 0 saturated heterocycles. The van der Waals surface area contributed by atoms with Gasteiger partial charge in [-0.25, -0.2) is 0 Å². The van der Waals surface area contributed by atoms with Crippen molar-refractivity contribution in [2.45, 2.75) is 13.0 Å². The zero-order valence-corrected chi connectivity index (χ0v) is 15.2. The van der Waals surface area contributed by atoms with Gasteiger partial charge in [-0.2, -0.15) is 0 Å². The lowest BCUT2D eigenvalue weighted by Gasteiger charge is -2.16. The van der Waals surface area contributed by atoms with Crippen LogP contribution in [-0.2, 0) is 4.74 Å². The molecule has 138 valence electrons. The molecule has 0 radical (unpaired) electrons. The van der Waals surface area contributed by atoms with Gasteiger partial charge in [0.1, 0.15) is 0 Å². The molecule has 0 aliphatic rings. The van der Waals surface area contributed by atoms with E-state index in [0.717, 1.165) is 0 Å². The molecule has 0 aliphatic carbocycles. The first-order chi connectivity index (χ1) is 12.5. The van der Waals surface area contributed by atoms with Crippen molar-refractivity contribution < 1.29 is 18.7 Å². The van der Waals surface area contributed by atoms with Crippen LogP contribution in [0.15, 0.2) is 47.1 Å². The van der Waals surface area contributed by atoms with Gasteiger partial charge in [0.15, 0.2) is 10.9 Å². The fraction of sp³-hybridized carbons (Fsp3) is 0.235. The largest absolute Gasteiger partial charge is 0.459 e. The number of carbonyl (C=O) groups is 2. The van der Waals surface area contributed by atoms with Crippen LogP contribution in [0.4, 0.5) is 5.69 Å². The maximum Gasteiger partial charge on any atom is 0.291 e. The van der Waals surface area contributed by atoms with Crippen molar-refractivity contribution >= 4 is 34.8 Å². The van der Waals surface area contributed by atoms with Crippen LogP contribution in [0, 0.1) is 0 Å². The molecule has 0 fully saturated rings. The van der Waals surface area contributed by atoms with E-state index >= 15 is 0 Å². The minimum Gasteiger partial charge on any atom is -0.459 e. The second kappa shape index (κ2) is 9.54. The quantitative estimate of drug-likeness (QED) is 0.449. The Morgan fingerprint density at radius 2 is 1.88 bits per heavy atom. The standard InChI is InChI=1S/C17H20N4O4S/c1-11(10-24-2)18-17(26)21-20-15(22)12-5-7-13(8-6-12)19-16(23)14-4-3-9-25-14/h3-9,11H,10H2,1-2H3,(H,19,23)(H,20,22)(H2,18,21,26)/t11-/m1/s1. The molecular formula is C17H20N4O4S. The molecule has 9 heteroatoms. The molecule has 0 aliphatic heterocycles. The number of hydrazine groups is 1. The molecule has 1 aromatic carbocycles. The van der Waals surface area contributed by atoms with E-state index in [1.54, 1.807) is 43.5 Å². The SMILES string of the molecule is COC[C@@H](C)NC(=S)NNC(=O)c1ccc(NC(=O)c2ccco2)cc1. The Labute approximate surface area is 156 Å². The minimum atomic E-state index is -0.365. The number of anilines is 1. The molecule has 0 spiro atoms. The van der Waals surface area contributed by atoms with Gasteiger partial charge in [0.2, 0.25) is 0 Å². The lowest BCUT2D eigenvalue weighted by atomic mass is 10.2. The van der Waals surface area contributed by atoms with Crippen molar-refractivity contribution in [3.8, 4) is 0 Å². The zero-order chi connectivity index (χ0) is 18.9. The number of furan rings is 1. The van der Waals surface area contributed by atoms with Crippen molar-refractivity contribution in [2.24, 2.45) is 0 Å². The molecular weight excluding hydrogens is 356 g/mol. The monoisotopic (exact) mass is 376 g/mol. The number of amides is 2. The summed E-state index contributed by atoms with van der Waals surface area (Å²) in [5.74, 6) is -0.521. The average Bonchev–Trinajstić information content (AvgIpc) is 3.15. The summed E-state index contributed by atoms with van der Waals surface area (Å²) in [4.78, 5) is 24.0. The van der Waals surface area contributed by atoms with Gasteiger partial charge in [0, 0.05) is 24.4 Å². The van der Waals surface area contributed by atoms with Crippen molar-refractivity contribution in [1.82, 2.24) is 16.2 Å². The predicted molar refractivity (Wildman–Crippen MR) is 101 cm³/mol. The highest BCUT2D eigenvalue weighted by Gasteiger charge is 2.10. The van der Waals surface area contributed by atoms with Crippen molar-refractivity contribution in [3.63, 3.8) is 0 Å². The fourth-order valence-electron chi connectivity index (χ4n) is 2.04. The molecule has 2 amide bonds. The predicted octanol–water partition coefficient (Wildman–Crippen LogP) is 1.68. The Morgan fingerprint density at radius 1 is 1.15 bits per heavy atom. The van der Waals surface area contributed by atoms with Crippen molar-refractivity contribution in [2.75, 3.05) is 19.0 Å². The minimum absolute atomic E-state index is 0.00830. The van der Waals surface area contributed by atoms with Gasteiger partial charge in [-0.3, -0.25) is 20.4 Å². The highest BCUT2D eigenvalue weighted by Crippen LogP contribution is 2.11. The van der Waals surface area contributed by atoms with Gasteiger partial charge in [-0.15, -0.1) is 0 Å². The number of methoxy groups -OCH3 is 1. The number of thiocarbonyl (C=S) groups is 1. The van der Waals surface area contributed by atoms with E-state index in [0.29, 0.717) is 17.9 Å².